The number of carbonyl (C=O) groups excluding carboxylic acids is 2. The van der Waals surface area contributed by atoms with Crippen LogP contribution in [-0.4, -0.2) is 23.1 Å². The molecule has 0 saturated carbocycles. The van der Waals surface area contributed by atoms with Crippen molar-refractivity contribution in [1.29, 1.82) is 0 Å². The third-order valence-electron chi connectivity index (χ3n) is 3.62. The quantitative estimate of drug-likeness (QED) is 0.714. The Hall–Kier alpha value is -2.74. The Morgan fingerprint density at radius 2 is 2.12 bits per heavy atom. The van der Waals surface area contributed by atoms with Gasteiger partial charge >= 0.3 is 5.97 Å². The van der Waals surface area contributed by atoms with Crippen molar-refractivity contribution >= 4 is 39.1 Å². The third-order valence-corrected chi connectivity index (χ3v) is 4.86. The second-order valence-electron chi connectivity index (χ2n) is 5.53. The molecule has 1 N–H and O–H groups in total. The third kappa shape index (κ3) is 3.39. The summed E-state index contributed by atoms with van der Waals surface area (Å²) in [7, 11) is 0. The smallest absolute Gasteiger partial charge is 0.349 e. The van der Waals surface area contributed by atoms with Gasteiger partial charge in [-0.3, -0.25) is 4.79 Å². The zero-order valence-electron chi connectivity index (χ0n) is 13.8. The fourth-order valence-corrected chi connectivity index (χ4v) is 3.47. The molecule has 130 valence electrons. The van der Waals surface area contributed by atoms with Crippen LogP contribution < -0.4 is 5.32 Å². The highest BCUT2D eigenvalue weighted by Gasteiger charge is 2.24. The van der Waals surface area contributed by atoms with Gasteiger partial charge in [-0.05, 0) is 38.5 Å². The van der Waals surface area contributed by atoms with Crippen molar-refractivity contribution in [3.05, 3.63) is 46.3 Å². The molecule has 0 bridgehead atoms. The van der Waals surface area contributed by atoms with Gasteiger partial charge in [-0.1, -0.05) is 11.2 Å². The number of hydrogen-bond acceptors (Lipinski definition) is 6. The molecule has 2 aromatic heterocycles. The molecule has 1 amide bonds. The predicted molar refractivity (Wildman–Crippen MR) is 91.3 cm³/mol. The van der Waals surface area contributed by atoms with Crippen molar-refractivity contribution in [3.8, 4) is 0 Å². The number of nitrogens with one attached hydrogen (secondary N) is 1. The second-order valence-corrected chi connectivity index (χ2v) is 6.58. The van der Waals surface area contributed by atoms with E-state index >= 15 is 0 Å². The van der Waals surface area contributed by atoms with E-state index in [1.807, 2.05) is 0 Å². The summed E-state index contributed by atoms with van der Waals surface area (Å²) in [5.41, 5.74) is 0.503. The van der Waals surface area contributed by atoms with Gasteiger partial charge in [-0.15, -0.1) is 11.3 Å². The number of carbonyl (C=O) groups is 2. The second kappa shape index (κ2) is 6.64. The van der Waals surface area contributed by atoms with E-state index < -0.39 is 23.8 Å². The Labute approximate surface area is 146 Å². The van der Waals surface area contributed by atoms with Gasteiger partial charge in [0, 0.05) is 16.2 Å². The van der Waals surface area contributed by atoms with Crippen LogP contribution in [0.3, 0.4) is 0 Å². The molecular formula is C17H15FN2O4S. The van der Waals surface area contributed by atoms with Crippen LogP contribution in [0.25, 0.3) is 10.1 Å². The summed E-state index contributed by atoms with van der Waals surface area (Å²) in [6, 6.07) is 6.20. The molecule has 0 radical (unpaired) electrons. The normalized spacial score (nSPS) is 12.2. The molecule has 3 aromatic rings. The summed E-state index contributed by atoms with van der Waals surface area (Å²) in [5, 5.41) is 6.53. The molecule has 3 rings (SSSR count). The number of ether oxygens (including phenoxy) is 1. The summed E-state index contributed by atoms with van der Waals surface area (Å²) < 4.78 is 24.6. The number of nitrogens with zero attached hydrogens (tertiary/aromatic N) is 1. The number of aryl methyl sites for hydroxylation is 2. The van der Waals surface area contributed by atoms with Crippen LogP contribution in [0.2, 0.25) is 0 Å². The van der Waals surface area contributed by atoms with Crippen molar-refractivity contribution in [2.75, 3.05) is 5.32 Å². The number of hydrogen-bond donors (Lipinski definition) is 1. The number of benzene rings is 1. The number of fused-ring (bicyclic) bond motifs is 1. The first kappa shape index (κ1) is 17.1. The van der Waals surface area contributed by atoms with Gasteiger partial charge in [0.1, 0.15) is 16.5 Å². The Morgan fingerprint density at radius 1 is 1.36 bits per heavy atom. The molecule has 1 aromatic carbocycles. The number of halogens is 1. The zero-order valence-corrected chi connectivity index (χ0v) is 14.6. The largest absolute Gasteiger partial charge is 0.448 e. The Balaban J connectivity index is 1.74. The predicted octanol–water partition coefficient (Wildman–Crippen LogP) is 3.83. The van der Waals surface area contributed by atoms with Crippen LogP contribution in [-0.2, 0) is 9.53 Å². The van der Waals surface area contributed by atoms with E-state index in [1.54, 1.807) is 32.0 Å². The Morgan fingerprint density at radius 3 is 2.76 bits per heavy atom. The minimum Gasteiger partial charge on any atom is -0.448 e. The average molecular weight is 362 g/mol. The van der Waals surface area contributed by atoms with E-state index in [2.05, 4.69) is 10.5 Å². The van der Waals surface area contributed by atoms with Crippen molar-refractivity contribution in [2.45, 2.75) is 26.9 Å². The Kier molecular flexibility index (Phi) is 4.54. The lowest BCUT2D eigenvalue weighted by atomic mass is 10.1. The van der Waals surface area contributed by atoms with Crippen molar-refractivity contribution in [2.24, 2.45) is 0 Å². The summed E-state index contributed by atoms with van der Waals surface area (Å²) in [5.74, 6) is -0.811. The van der Waals surface area contributed by atoms with Gasteiger partial charge < -0.3 is 14.6 Å². The number of esters is 1. The molecule has 0 saturated heterocycles. The van der Waals surface area contributed by atoms with Crippen LogP contribution >= 0.6 is 11.3 Å². The maximum atomic E-state index is 13.9. The molecule has 2 heterocycles. The zero-order chi connectivity index (χ0) is 18.1. The van der Waals surface area contributed by atoms with Crippen molar-refractivity contribution in [1.82, 2.24) is 5.16 Å². The van der Waals surface area contributed by atoms with Crippen LogP contribution in [0.15, 0.2) is 28.8 Å². The van der Waals surface area contributed by atoms with Gasteiger partial charge in [0.05, 0.1) is 0 Å². The number of thiophene rings is 1. The standard InChI is InChI=1S/C17H15FN2O4S/c1-8-7-13(20-24-8)19-16(21)10(3)23-17(22)15-9(2)14-11(18)5-4-6-12(14)25-15/h4-7,10H,1-3H3,(H,19,20,21)/t10-/m0/s1. The molecule has 0 aliphatic carbocycles. The molecular weight excluding hydrogens is 347 g/mol. The van der Waals surface area contributed by atoms with E-state index in [1.165, 1.54) is 13.0 Å². The fraction of sp³-hybridized carbons (Fsp3) is 0.235. The van der Waals surface area contributed by atoms with Crippen LogP contribution in [0.1, 0.15) is 27.9 Å². The molecule has 6 nitrogen and oxygen atoms in total. The number of rotatable bonds is 4. The van der Waals surface area contributed by atoms with E-state index in [4.69, 9.17) is 9.26 Å². The Bertz CT molecular complexity index is 963. The molecule has 0 spiro atoms. The topological polar surface area (TPSA) is 81.4 Å². The minimum absolute atomic E-state index is 0.241. The van der Waals surface area contributed by atoms with Crippen LogP contribution in [0, 0.1) is 19.7 Å². The highest BCUT2D eigenvalue weighted by Crippen LogP contribution is 2.33. The maximum Gasteiger partial charge on any atom is 0.349 e. The van der Waals surface area contributed by atoms with Gasteiger partial charge in [-0.25, -0.2) is 9.18 Å². The first-order valence-electron chi connectivity index (χ1n) is 7.49. The molecule has 25 heavy (non-hydrogen) atoms. The van der Waals surface area contributed by atoms with E-state index in [9.17, 15) is 14.0 Å². The van der Waals surface area contributed by atoms with E-state index in [0.29, 0.717) is 21.4 Å². The summed E-state index contributed by atoms with van der Waals surface area (Å²) in [4.78, 5) is 24.7. The number of aromatic nitrogens is 1. The van der Waals surface area contributed by atoms with E-state index in [0.717, 1.165) is 11.3 Å². The fourth-order valence-electron chi connectivity index (χ4n) is 2.37. The average Bonchev–Trinajstić information content (AvgIpc) is 3.11. The van der Waals surface area contributed by atoms with Crippen molar-refractivity contribution in [3.63, 3.8) is 0 Å². The maximum absolute atomic E-state index is 13.9. The molecule has 0 aliphatic heterocycles. The SMILES string of the molecule is Cc1cc(NC(=O)[C@H](C)OC(=O)c2sc3cccc(F)c3c2C)no1. The molecule has 8 heteroatoms. The number of anilines is 1. The minimum atomic E-state index is -1.04. The molecule has 0 fully saturated rings. The van der Waals surface area contributed by atoms with Gasteiger partial charge in [-0.2, -0.15) is 0 Å². The first-order chi connectivity index (χ1) is 11.9. The lowest BCUT2D eigenvalue weighted by Crippen LogP contribution is -2.30. The first-order valence-corrected chi connectivity index (χ1v) is 8.31. The highest BCUT2D eigenvalue weighted by atomic mass is 32.1. The highest BCUT2D eigenvalue weighted by molar-refractivity contribution is 7.21. The summed E-state index contributed by atoms with van der Waals surface area (Å²) in [6.45, 7) is 4.79. The van der Waals surface area contributed by atoms with Crippen LogP contribution in [0.4, 0.5) is 10.2 Å². The summed E-state index contributed by atoms with van der Waals surface area (Å²) >= 11 is 1.13. The lowest BCUT2D eigenvalue weighted by Gasteiger charge is -2.11. The summed E-state index contributed by atoms with van der Waals surface area (Å²) in [6.07, 6.45) is -1.04. The monoisotopic (exact) mass is 362 g/mol. The van der Waals surface area contributed by atoms with Crippen LogP contribution in [0.5, 0.6) is 0 Å². The van der Waals surface area contributed by atoms with Gasteiger partial charge in [0.2, 0.25) is 0 Å². The van der Waals surface area contributed by atoms with Gasteiger partial charge in [0.25, 0.3) is 5.91 Å². The van der Waals surface area contributed by atoms with Crippen molar-refractivity contribution < 1.29 is 23.2 Å². The molecule has 0 unspecified atom stereocenters. The van der Waals surface area contributed by atoms with E-state index in [-0.39, 0.29) is 10.7 Å². The number of amides is 1. The lowest BCUT2D eigenvalue weighted by molar-refractivity contribution is -0.123. The molecule has 0 aliphatic rings. The van der Waals surface area contributed by atoms with Gasteiger partial charge in [0.15, 0.2) is 11.9 Å². The molecule has 1 atom stereocenters.